The quantitative estimate of drug-likeness (QED) is 0.630. The molecule has 2 heterocycles. The van der Waals surface area contributed by atoms with E-state index in [0.29, 0.717) is 33.6 Å². The molecular formula is C19H20N4O5S. The van der Waals surface area contributed by atoms with E-state index < -0.39 is 11.5 Å². The van der Waals surface area contributed by atoms with Crippen molar-refractivity contribution in [2.24, 2.45) is 0 Å². The van der Waals surface area contributed by atoms with E-state index in [1.165, 1.54) is 38.7 Å². The number of anilines is 1. The summed E-state index contributed by atoms with van der Waals surface area (Å²) in [5.74, 6) is 0.970. The second-order valence-electron chi connectivity index (χ2n) is 5.97. The molecule has 0 fully saturated rings. The van der Waals surface area contributed by atoms with Crippen LogP contribution in [0.2, 0.25) is 0 Å². The lowest BCUT2D eigenvalue weighted by Crippen LogP contribution is -2.29. The third-order valence-electron chi connectivity index (χ3n) is 3.99. The first-order chi connectivity index (χ1) is 13.9. The van der Waals surface area contributed by atoms with Gasteiger partial charge in [0, 0.05) is 17.0 Å². The predicted molar refractivity (Wildman–Crippen MR) is 109 cm³/mol. The van der Waals surface area contributed by atoms with Gasteiger partial charge in [-0.3, -0.25) is 9.59 Å². The molecule has 29 heavy (non-hydrogen) atoms. The topological polar surface area (TPSA) is 105 Å². The maximum absolute atomic E-state index is 12.3. The lowest BCUT2D eigenvalue weighted by atomic mass is 10.1. The minimum Gasteiger partial charge on any atom is -0.493 e. The molecule has 2 aromatic heterocycles. The zero-order valence-corrected chi connectivity index (χ0v) is 17.2. The Morgan fingerprint density at radius 1 is 1.14 bits per heavy atom. The van der Waals surface area contributed by atoms with Gasteiger partial charge >= 0.3 is 0 Å². The van der Waals surface area contributed by atoms with Crippen molar-refractivity contribution in [1.82, 2.24) is 14.8 Å². The molecule has 0 aliphatic carbocycles. The number of hydrogen-bond donors (Lipinski definition) is 1. The molecule has 0 spiro atoms. The SMILES string of the molecule is COc1cc(-c2ccc(=O)n(CC(=O)Nc3nc(C)cs3)n2)cc(OC)c1OC. The maximum Gasteiger partial charge on any atom is 0.267 e. The summed E-state index contributed by atoms with van der Waals surface area (Å²) in [6.45, 7) is 1.59. The Morgan fingerprint density at radius 3 is 2.38 bits per heavy atom. The van der Waals surface area contributed by atoms with E-state index >= 15 is 0 Å². The summed E-state index contributed by atoms with van der Waals surface area (Å²) in [5, 5.41) is 9.27. The molecule has 0 aliphatic heterocycles. The van der Waals surface area contributed by atoms with E-state index in [1.54, 1.807) is 18.2 Å². The van der Waals surface area contributed by atoms with Crippen molar-refractivity contribution < 1.29 is 19.0 Å². The second kappa shape index (κ2) is 8.74. The lowest BCUT2D eigenvalue weighted by Gasteiger charge is -2.14. The van der Waals surface area contributed by atoms with Crippen molar-refractivity contribution in [3.63, 3.8) is 0 Å². The average molecular weight is 416 g/mol. The summed E-state index contributed by atoms with van der Waals surface area (Å²) in [7, 11) is 4.54. The van der Waals surface area contributed by atoms with Gasteiger partial charge in [0.15, 0.2) is 16.6 Å². The number of aryl methyl sites for hydroxylation is 1. The molecule has 0 radical (unpaired) electrons. The summed E-state index contributed by atoms with van der Waals surface area (Å²) >= 11 is 1.31. The van der Waals surface area contributed by atoms with Gasteiger partial charge < -0.3 is 19.5 Å². The van der Waals surface area contributed by atoms with E-state index in [1.807, 2.05) is 12.3 Å². The first-order valence-electron chi connectivity index (χ1n) is 8.55. The molecule has 3 rings (SSSR count). The van der Waals surface area contributed by atoms with Crippen LogP contribution in [0.4, 0.5) is 5.13 Å². The minimum atomic E-state index is -0.397. The number of methoxy groups -OCH3 is 3. The zero-order valence-electron chi connectivity index (χ0n) is 16.4. The largest absolute Gasteiger partial charge is 0.493 e. The molecule has 152 valence electrons. The molecule has 0 saturated heterocycles. The van der Waals surface area contributed by atoms with Gasteiger partial charge in [-0.05, 0) is 25.1 Å². The molecule has 0 aliphatic rings. The number of ether oxygens (including phenoxy) is 3. The van der Waals surface area contributed by atoms with Crippen molar-refractivity contribution in [2.45, 2.75) is 13.5 Å². The fourth-order valence-corrected chi connectivity index (χ4v) is 3.36. The molecule has 1 aromatic carbocycles. The van der Waals surface area contributed by atoms with Crippen LogP contribution in [0.15, 0.2) is 34.4 Å². The van der Waals surface area contributed by atoms with E-state index in [0.717, 1.165) is 10.4 Å². The van der Waals surface area contributed by atoms with Crippen LogP contribution in [0, 0.1) is 6.92 Å². The summed E-state index contributed by atoms with van der Waals surface area (Å²) in [5.41, 5.74) is 1.53. The van der Waals surface area contributed by atoms with Gasteiger partial charge in [0.2, 0.25) is 11.7 Å². The molecule has 1 N–H and O–H groups in total. The summed E-state index contributed by atoms with van der Waals surface area (Å²) < 4.78 is 17.1. The fourth-order valence-electron chi connectivity index (χ4n) is 2.65. The first kappa shape index (κ1) is 20.3. The molecule has 10 heteroatoms. The first-order valence-corrected chi connectivity index (χ1v) is 9.43. The average Bonchev–Trinajstić information content (AvgIpc) is 3.12. The van der Waals surface area contributed by atoms with Crippen LogP contribution < -0.4 is 25.1 Å². The number of nitrogens with zero attached hydrogens (tertiary/aromatic N) is 3. The standard InChI is InChI=1S/C19H20N4O5S/c1-11-10-29-19(20-11)21-16(24)9-23-17(25)6-5-13(22-23)12-7-14(26-2)18(28-4)15(8-12)27-3/h5-8,10H,9H2,1-4H3,(H,20,21,24). The number of nitrogens with one attached hydrogen (secondary N) is 1. The number of carbonyl (C=O) groups excluding carboxylic acids is 1. The van der Waals surface area contributed by atoms with Gasteiger partial charge in [0.25, 0.3) is 5.56 Å². The Bertz CT molecular complexity index is 1070. The van der Waals surface area contributed by atoms with Gasteiger partial charge in [-0.2, -0.15) is 5.10 Å². The maximum atomic E-state index is 12.3. The number of rotatable bonds is 7. The summed E-state index contributed by atoms with van der Waals surface area (Å²) in [6.07, 6.45) is 0. The Hall–Kier alpha value is -3.40. The van der Waals surface area contributed by atoms with E-state index in [4.69, 9.17) is 14.2 Å². The Morgan fingerprint density at radius 2 is 1.83 bits per heavy atom. The number of hydrogen-bond acceptors (Lipinski definition) is 8. The van der Waals surface area contributed by atoms with Crippen molar-refractivity contribution in [3.8, 4) is 28.5 Å². The zero-order chi connectivity index (χ0) is 21.0. The number of benzene rings is 1. The van der Waals surface area contributed by atoms with Crippen molar-refractivity contribution in [3.05, 3.63) is 45.7 Å². The van der Waals surface area contributed by atoms with Gasteiger partial charge in [0.1, 0.15) is 6.54 Å². The highest BCUT2D eigenvalue weighted by Crippen LogP contribution is 2.40. The van der Waals surface area contributed by atoms with Crippen LogP contribution in [-0.4, -0.2) is 42.0 Å². The Labute approximate surface area is 170 Å². The molecule has 3 aromatic rings. The smallest absolute Gasteiger partial charge is 0.267 e. The molecule has 0 atom stereocenters. The molecule has 0 saturated carbocycles. The minimum absolute atomic E-state index is 0.240. The number of thiazole rings is 1. The van der Waals surface area contributed by atoms with Crippen LogP contribution in [0.5, 0.6) is 17.2 Å². The molecular weight excluding hydrogens is 396 g/mol. The molecule has 9 nitrogen and oxygen atoms in total. The third-order valence-corrected chi connectivity index (χ3v) is 4.86. The normalized spacial score (nSPS) is 10.5. The third kappa shape index (κ3) is 4.54. The number of aromatic nitrogens is 3. The van der Waals surface area contributed by atoms with E-state index in [-0.39, 0.29) is 6.54 Å². The molecule has 1 amide bonds. The number of amides is 1. The van der Waals surface area contributed by atoms with Crippen LogP contribution in [0.3, 0.4) is 0 Å². The highest BCUT2D eigenvalue weighted by molar-refractivity contribution is 7.13. The van der Waals surface area contributed by atoms with Crippen LogP contribution in [0.25, 0.3) is 11.3 Å². The van der Waals surface area contributed by atoms with Gasteiger partial charge in [-0.25, -0.2) is 9.67 Å². The second-order valence-corrected chi connectivity index (χ2v) is 6.83. The molecule has 0 bridgehead atoms. The monoisotopic (exact) mass is 416 g/mol. The number of carbonyl (C=O) groups is 1. The highest BCUT2D eigenvalue weighted by atomic mass is 32.1. The van der Waals surface area contributed by atoms with Gasteiger partial charge in [-0.15, -0.1) is 11.3 Å². The lowest BCUT2D eigenvalue weighted by molar-refractivity contribution is -0.117. The Kier molecular flexibility index (Phi) is 6.13. The Balaban J connectivity index is 1.90. The van der Waals surface area contributed by atoms with E-state index in [9.17, 15) is 9.59 Å². The summed E-state index contributed by atoms with van der Waals surface area (Å²) in [6, 6.07) is 6.36. The van der Waals surface area contributed by atoms with Crippen LogP contribution in [-0.2, 0) is 11.3 Å². The van der Waals surface area contributed by atoms with Crippen molar-refractivity contribution in [1.29, 1.82) is 0 Å². The van der Waals surface area contributed by atoms with Crippen LogP contribution in [0.1, 0.15) is 5.69 Å². The van der Waals surface area contributed by atoms with Gasteiger partial charge in [-0.1, -0.05) is 0 Å². The van der Waals surface area contributed by atoms with Crippen molar-refractivity contribution in [2.75, 3.05) is 26.6 Å². The fraction of sp³-hybridized carbons (Fsp3) is 0.263. The van der Waals surface area contributed by atoms with Crippen molar-refractivity contribution >= 4 is 22.4 Å². The molecule has 0 unspecified atom stereocenters. The van der Waals surface area contributed by atoms with E-state index in [2.05, 4.69) is 15.4 Å². The highest BCUT2D eigenvalue weighted by Gasteiger charge is 2.16. The van der Waals surface area contributed by atoms with Crippen LogP contribution >= 0.6 is 11.3 Å². The van der Waals surface area contributed by atoms with Gasteiger partial charge in [0.05, 0.1) is 32.7 Å². The predicted octanol–water partition coefficient (Wildman–Crippen LogP) is 2.34. The summed E-state index contributed by atoms with van der Waals surface area (Å²) in [4.78, 5) is 28.6.